The van der Waals surface area contributed by atoms with Crippen molar-refractivity contribution in [2.24, 2.45) is 0 Å². The van der Waals surface area contributed by atoms with Crippen LogP contribution in [-0.2, 0) is 0 Å². The number of carbonyl (C=O) groups excluding carboxylic acids is 2. The summed E-state index contributed by atoms with van der Waals surface area (Å²) < 4.78 is 15.7. The normalized spacial score (nSPS) is 18.6. The van der Waals surface area contributed by atoms with Gasteiger partial charge in [-0.05, 0) is 36.2 Å². The maximum atomic E-state index is 13.9. The number of nitrogens with zero attached hydrogens (tertiary/aromatic N) is 4. The minimum Gasteiger partial charge on any atom is -0.346 e. The van der Waals surface area contributed by atoms with Crippen molar-refractivity contribution >= 4 is 28.7 Å². The second kappa shape index (κ2) is 8.51. The molecule has 1 aliphatic rings. The van der Waals surface area contributed by atoms with Crippen molar-refractivity contribution < 1.29 is 14.0 Å². The van der Waals surface area contributed by atoms with Crippen LogP contribution in [0.1, 0.15) is 37.9 Å². The van der Waals surface area contributed by atoms with Gasteiger partial charge in [0.2, 0.25) is 0 Å². The summed E-state index contributed by atoms with van der Waals surface area (Å²) in [6.07, 6.45) is 7.28. The first-order valence-electron chi connectivity index (χ1n) is 10.2. The molecule has 0 aliphatic carbocycles. The summed E-state index contributed by atoms with van der Waals surface area (Å²) in [5.41, 5.74) is 3.70. The predicted molar refractivity (Wildman–Crippen MR) is 118 cm³/mol. The Labute approximate surface area is 187 Å². The van der Waals surface area contributed by atoms with Crippen molar-refractivity contribution in [1.29, 1.82) is 0 Å². The number of benzene rings is 1. The second-order valence-corrected chi connectivity index (χ2v) is 8.64. The molecule has 1 aromatic carbocycles. The lowest BCUT2D eigenvalue weighted by Gasteiger charge is -2.39. The lowest BCUT2D eigenvalue weighted by Crippen LogP contribution is -2.53. The molecule has 162 valence electrons. The molecule has 9 heteroatoms. The topological polar surface area (TPSA) is 79.6 Å². The molecule has 0 radical (unpaired) electrons. The Morgan fingerprint density at radius 2 is 2.06 bits per heavy atom. The number of thiazole rings is 1. The highest BCUT2D eigenvalue weighted by atomic mass is 32.1. The number of amides is 2. The van der Waals surface area contributed by atoms with E-state index in [-0.39, 0.29) is 29.6 Å². The molecular weight excluding hydrogens is 429 g/mol. The predicted octanol–water partition coefficient (Wildman–Crippen LogP) is 3.36. The van der Waals surface area contributed by atoms with Gasteiger partial charge in [-0.15, -0.1) is 11.3 Å². The van der Waals surface area contributed by atoms with Gasteiger partial charge in [-0.2, -0.15) is 0 Å². The Bertz CT molecular complexity index is 1270. The molecule has 5 rings (SSSR count). The minimum absolute atomic E-state index is 0.114. The lowest BCUT2D eigenvalue weighted by molar-refractivity contribution is 0.0657. The largest absolute Gasteiger partial charge is 0.346 e. The van der Waals surface area contributed by atoms with Crippen molar-refractivity contribution in [3.05, 3.63) is 88.6 Å². The first-order chi connectivity index (χ1) is 15.6. The SMILES string of the molecule is O=C(N[C@@H]1CN(C(=O)c2cccn3cncc23)CC[C@H]1c1cccc(F)c1)c1cncs1. The number of hydrogen-bond donors (Lipinski definition) is 1. The van der Waals surface area contributed by atoms with Gasteiger partial charge in [0, 0.05) is 25.2 Å². The number of pyridine rings is 1. The zero-order valence-corrected chi connectivity index (χ0v) is 17.8. The summed E-state index contributed by atoms with van der Waals surface area (Å²) in [5.74, 6) is -0.796. The molecule has 0 bridgehead atoms. The summed E-state index contributed by atoms with van der Waals surface area (Å²) in [6, 6.07) is 9.66. The van der Waals surface area contributed by atoms with Crippen LogP contribution in [0.4, 0.5) is 4.39 Å². The number of likely N-dealkylation sites (tertiary alicyclic amines) is 1. The van der Waals surface area contributed by atoms with E-state index in [1.54, 1.807) is 39.5 Å². The molecule has 1 aliphatic heterocycles. The van der Waals surface area contributed by atoms with Gasteiger partial charge < -0.3 is 14.6 Å². The number of nitrogens with one attached hydrogen (secondary N) is 1. The molecule has 0 saturated carbocycles. The molecule has 1 N–H and O–H groups in total. The Balaban J connectivity index is 1.43. The number of piperidine rings is 1. The first-order valence-corrected chi connectivity index (χ1v) is 11.1. The molecule has 4 aromatic rings. The van der Waals surface area contributed by atoms with E-state index in [0.717, 1.165) is 11.1 Å². The average Bonchev–Trinajstić information content (AvgIpc) is 3.50. The Hall–Kier alpha value is -3.59. The lowest BCUT2D eigenvalue weighted by atomic mass is 9.85. The summed E-state index contributed by atoms with van der Waals surface area (Å²) in [7, 11) is 0. The standard InChI is InChI=1S/C23H20FN5O2S/c24-16-4-1-3-15(9-16)17-6-8-28(12-19(17)27-22(30)21-11-26-14-32-21)23(31)18-5-2-7-29-13-25-10-20(18)29/h1-5,7,9-11,13-14,17,19H,6,8,12H2,(H,27,30)/t17-,19+/m0/s1. The minimum atomic E-state index is -0.367. The highest BCUT2D eigenvalue weighted by Crippen LogP contribution is 2.30. The quantitative estimate of drug-likeness (QED) is 0.518. The molecule has 0 unspecified atom stereocenters. The van der Waals surface area contributed by atoms with Gasteiger partial charge in [-0.25, -0.2) is 9.37 Å². The third-order valence-corrected chi connectivity index (χ3v) is 6.60. The van der Waals surface area contributed by atoms with E-state index >= 15 is 0 Å². The number of carbonyl (C=O) groups is 2. The van der Waals surface area contributed by atoms with Gasteiger partial charge in [0.05, 0.1) is 41.4 Å². The number of imidazole rings is 1. The van der Waals surface area contributed by atoms with E-state index in [9.17, 15) is 14.0 Å². The molecule has 2 amide bonds. The molecule has 4 heterocycles. The van der Waals surface area contributed by atoms with Crippen molar-refractivity contribution in [1.82, 2.24) is 24.6 Å². The molecule has 1 saturated heterocycles. The van der Waals surface area contributed by atoms with Crippen LogP contribution in [0, 0.1) is 5.82 Å². The molecule has 0 spiro atoms. The van der Waals surface area contributed by atoms with Gasteiger partial charge >= 0.3 is 0 Å². The van der Waals surface area contributed by atoms with Crippen molar-refractivity contribution in [2.45, 2.75) is 18.4 Å². The van der Waals surface area contributed by atoms with Crippen molar-refractivity contribution in [3.63, 3.8) is 0 Å². The first kappa shape index (κ1) is 20.3. The van der Waals surface area contributed by atoms with Crippen molar-refractivity contribution in [3.8, 4) is 0 Å². The summed E-state index contributed by atoms with van der Waals surface area (Å²) in [5, 5.41) is 3.06. The fourth-order valence-electron chi connectivity index (χ4n) is 4.29. The van der Waals surface area contributed by atoms with Gasteiger partial charge in [0.15, 0.2) is 0 Å². The summed E-state index contributed by atoms with van der Waals surface area (Å²) in [6.45, 7) is 0.821. The molecule has 2 atom stereocenters. The summed E-state index contributed by atoms with van der Waals surface area (Å²) >= 11 is 1.25. The van der Waals surface area contributed by atoms with Crippen LogP contribution < -0.4 is 5.32 Å². The van der Waals surface area contributed by atoms with Gasteiger partial charge in [0.25, 0.3) is 11.8 Å². The number of halogens is 1. The van der Waals surface area contributed by atoms with E-state index in [1.165, 1.54) is 29.7 Å². The summed E-state index contributed by atoms with van der Waals surface area (Å²) in [4.78, 5) is 36.5. The third-order valence-electron chi connectivity index (χ3n) is 5.83. The van der Waals surface area contributed by atoms with Gasteiger partial charge in [-0.3, -0.25) is 14.6 Å². The van der Waals surface area contributed by atoms with Gasteiger partial charge in [0.1, 0.15) is 10.7 Å². The van der Waals surface area contributed by atoms with Crippen LogP contribution in [0.5, 0.6) is 0 Å². The smallest absolute Gasteiger partial charge is 0.263 e. The Morgan fingerprint density at radius 3 is 2.88 bits per heavy atom. The van der Waals surface area contributed by atoms with Crippen LogP contribution in [-0.4, -0.2) is 50.2 Å². The van der Waals surface area contributed by atoms with E-state index < -0.39 is 0 Å². The Morgan fingerprint density at radius 1 is 1.16 bits per heavy atom. The molecule has 7 nitrogen and oxygen atoms in total. The van der Waals surface area contributed by atoms with Crippen LogP contribution in [0.2, 0.25) is 0 Å². The van der Waals surface area contributed by atoms with Crippen LogP contribution in [0.25, 0.3) is 5.52 Å². The highest BCUT2D eigenvalue weighted by Gasteiger charge is 2.34. The van der Waals surface area contributed by atoms with Crippen molar-refractivity contribution in [2.75, 3.05) is 13.1 Å². The number of fused-ring (bicyclic) bond motifs is 1. The second-order valence-electron chi connectivity index (χ2n) is 7.75. The fraction of sp³-hybridized carbons (Fsp3) is 0.217. The maximum absolute atomic E-state index is 13.9. The molecule has 1 fully saturated rings. The number of aromatic nitrogens is 3. The highest BCUT2D eigenvalue weighted by molar-refractivity contribution is 7.11. The molecule has 32 heavy (non-hydrogen) atoms. The van der Waals surface area contributed by atoms with Crippen LogP contribution >= 0.6 is 11.3 Å². The van der Waals surface area contributed by atoms with Crippen LogP contribution in [0.3, 0.4) is 0 Å². The number of rotatable bonds is 4. The fourth-order valence-corrected chi connectivity index (χ4v) is 4.81. The maximum Gasteiger partial charge on any atom is 0.263 e. The van der Waals surface area contributed by atoms with E-state index in [1.807, 2.05) is 18.3 Å². The average molecular weight is 450 g/mol. The monoisotopic (exact) mass is 449 g/mol. The zero-order chi connectivity index (χ0) is 22.1. The molecule has 3 aromatic heterocycles. The van der Waals surface area contributed by atoms with Crippen LogP contribution in [0.15, 0.2) is 66.8 Å². The number of hydrogen-bond acceptors (Lipinski definition) is 5. The van der Waals surface area contributed by atoms with E-state index in [0.29, 0.717) is 30.0 Å². The third kappa shape index (κ3) is 3.87. The van der Waals surface area contributed by atoms with E-state index in [4.69, 9.17) is 0 Å². The molecular formula is C23H20FN5O2S. The van der Waals surface area contributed by atoms with E-state index in [2.05, 4.69) is 15.3 Å². The zero-order valence-electron chi connectivity index (χ0n) is 17.0. The Kier molecular flexibility index (Phi) is 5.40. The van der Waals surface area contributed by atoms with Gasteiger partial charge in [-0.1, -0.05) is 12.1 Å².